The summed E-state index contributed by atoms with van der Waals surface area (Å²) in [5.41, 5.74) is 7.49. The summed E-state index contributed by atoms with van der Waals surface area (Å²) in [6, 6.07) is 5.14. The minimum atomic E-state index is -0.251. The number of carbonyl (C=O) groups is 1. The molecular formula is C22H27Cl2N7O2. The van der Waals surface area contributed by atoms with E-state index >= 15 is 0 Å². The molecule has 1 aliphatic carbocycles. The van der Waals surface area contributed by atoms with Crippen molar-refractivity contribution < 1.29 is 9.90 Å². The number of aliphatic hydroxyl groups is 1. The van der Waals surface area contributed by atoms with E-state index < -0.39 is 0 Å². The van der Waals surface area contributed by atoms with Crippen molar-refractivity contribution in [1.29, 1.82) is 0 Å². The topological polar surface area (TPSA) is 131 Å². The summed E-state index contributed by atoms with van der Waals surface area (Å²) in [6.07, 6.45) is 5.34. The molecule has 5 N–H and O–H groups in total. The van der Waals surface area contributed by atoms with Crippen LogP contribution in [0, 0.1) is 5.92 Å². The Labute approximate surface area is 201 Å². The van der Waals surface area contributed by atoms with Crippen LogP contribution in [0.4, 0.5) is 17.6 Å². The molecule has 0 saturated heterocycles. The van der Waals surface area contributed by atoms with Crippen LogP contribution in [0.5, 0.6) is 0 Å². The molecule has 0 unspecified atom stereocenters. The van der Waals surface area contributed by atoms with Gasteiger partial charge in [0.2, 0.25) is 17.8 Å². The number of anilines is 3. The maximum Gasteiger partial charge on any atom is 0.225 e. The number of fused-ring (bicyclic) bond motifs is 1. The van der Waals surface area contributed by atoms with Crippen LogP contribution in [-0.2, 0) is 4.79 Å². The average molecular weight is 492 g/mol. The number of nitrogens with zero attached hydrogens (tertiary/aromatic N) is 4. The maximum absolute atomic E-state index is 11.7. The minimum absolute atomic E-state index is 0.0177. The van der Waals surface area contributed by atoms with E-state index in [0.717, 1.165) is 19.3 Å². The number of carbonyl (C=O) groups excluding carboxylic acids is 1. The molecule has 0 aliphatic heterocycles. The molecule has 2 heterocycles. The zero-order valence-corrected chi connectivity index (χ0v) is 19.8. The van der Waals surface area contributed by atoms with Gasteiger partial charge in [-0.25, -0.2) is 9.97 Å². The molecule has 1 amide bonds. The van der Waals surface area contributed by atoms with Crippen LogP contribution in [0.25, 0.3) is 11.2 Å². The van der Waals surface area contributed by atoms with E-state index in [1.807, 2.05) is 11.5 Å². The van der Waals surface area contributed by atoms with Gasteiger partial charge >= 0.3 is 0 Å². The number of benzene rings is 1. The number of hydrogen-bond acceptors (Lipinski definition) is 7. The Morgan fingerprint density at radius 1 is 1.27 bits per heavy atom. The smallest absolute Gasteiger partial charge is 0.225 e. The monoisotopic (exact) mass is 491 g/mol. The van der Waals surface area contributed by atoms with Crippen molar-refractivity contribution in [2.24, 2.45) is 11.7 Å². The van der Waals surface area contributed by atoms with E-state index in [2.05, 4.69) is 15.6 Å². The molecule has 1 fully saturated rings. The van der Waals surface area contributed by atoms with Gasteiger partial charge in [0.1, 0.15) is 5.52 Å². The summed E-state index contributed by atoms with van der Waals surface area (Å²) < 4.78 is 2.05. The molecule has 0 spiro atoms. The lowest BCUT2D eigenvalue weighted by Crippen LogP contribution is -2.29. The second-order valence-corrected chi connectivity index (χ2v) is 9.14. The van der Waals surface area contributed by atoms with Gasteiger partial charge in [0.15, 0.2) is 5.65 Å². The van der Waals surface area contributed by atoms with E-state index in [9.17, 15) is 9.90 Å². The van der Waals surface area contributed by atoms with E-state index in [-0.39, 0.29) is 30.5 Å². The molecule has 1 aliphatic rings. The Morgan fingerprint density at radius 2 is 2.03 bits per heavy atom. The second-order valence-electron chi connectivity index (χ2n) is 8.30. The lowest BCUT2D eigenvalue weighted by molar-refractivity contribution is -0.122. The van der Waals surface area contributed by atoms with Crippen molar-refractivity contribution in [3.05, 3.63) is 34.4 Å². The van der Waals surface area contributed by atoms with Crippen LogP contribution in [0.3, 0.4) is 0 Å². The van der Waals surface area contributed by atoms with Gasteiger partial charge in [0, 0.05) is 17.0 Å². The number of primary amides is 1. The van der Waals surface area contributed by atoms with Gasteiger partial charge in [0.25, 0.3) is 0 Å². The fourth-order valence-electron chi connectivity index (χ4n) is 4.18. The number of hydrogen-bond donors (Lipinski definition) is 4. The number of nitrogens with two attached hydrogens (primary N) is 1. The van der Waals surface area contributed by atoms with E-state index in [4.69, 9.17) is 38.9 Å². The zero-order chi connectivity index (χ0) is 23.5. The first-order valence-corrected chi connectivity index (χ1v) is 11.8. The molecule has 1 atom stereocenters. The first-order chi connectivity index (χ1) is 15.9. The van der Waals surface area contributed by atoms with Gasteiger partial charge in [-0.2, -0.15) is 4.98 Å². The molecule has 33 heavy (non-hydrogen) atoms. The van der Waals surface area contributed by atoms with E-state index in [1.165, 1.54) is 0 Å². The lowest BCUT2D eigenvalue weighted by Gasteiger charge is -2.29. The molecule has 11 heteroatoms. The number of aromatic nitrogens is 4. The minimum Gasteiger partial charge on any atom is -0.394 e. The molecule has 1 aromatic carbocycles. The average Bonchev–Trinajstić information content (AvgIpc) is 3.16. The number of rotatable bonds is 8. The largest absolute Gasteiger partial charge is 0.394 e. The lowest BCUT2D eigenvalue weighted by atomic mass is 9.85. The second kappa shape index (κ2) is 10.1. The Morgan fingerprint density at radius 3 is 2.67 bits per heavy atom. The van der Waals surface area contributed by atoms with Gasteiger partial charge in [-0.15, -0.1) is 0 Å². The number of aliphatic hydroxyl groups excluding tert-OH is 1. The molecular weight excluding hydrogens is 465 g/mol. The van der Waals surface area contributed by atoms with Crippen LogP contribution in [-0.4, -0.2) is 43.2 Å². The van der Waals surface area contributed by atoms with Gasteiger partial charge in [-0.1, -0.05) is 30.1 Å². The maximum atomic E-state index is 11.7. The first-order valence-electron chi connectivity index (χ1n) is 11.0. The number of halogens is 2. The van der Waals surface area contributed by atoms with Crippen LogP contribution in [0.15, 0.2) is 24.4 Å². The van der Waals surface area contributed by atoms with Gasteiger partial charge < -0.3 is 21.5 Å². The zero-order valence-electron chi connectivity index (χ0n) is 18.3. The molecule has 176 valence electrons. The summed E-state index contributed by atoms with van der Waals surface area (Å²) in [5.74, 6) is 0.641. The van der Waals surface area contributed by atoms with Crippen molar-refractivity contribution in [2.75, 3.05) is 17.2 Å². The molecule has 2 aromatic heterocycles. The number of imidazole rings is 1. The van der Waals surface area contributed by atoms with Crippen molar-refractivity contribution >= 4 is 57.9 Å². The Kier molecular flexibility index (Phi) is 7.21. The van der Waals surface area contributed by atoms with Crippen molar-refractivity contribution in [2.45, 2.75) is 51.1 Å². The summed E-state index contributed by atoms with van der Waals surface area (Å²) in [7, 11) is 0. The summed E-state index contributed by atoms with van der Waals surface area (Å²) in [5, 5.41) is 17.0. The number of amides is 1. The highest BCUT2D eigenvalue weighted by Crippen LogP contribution is 2.38. The standard InChI is InChI=1S/C22H27Cl2N7O2/c1-2-14(11-32)27-21-26-10-18-20(30-21)31(15-6-3-12(4-7-15)19(25)33)22(29-18)28-17-8-5-13(23)9-16(17)24/h5,8-10,12,14-15,32H,2-4,6-7,11H2,1H3,(H2,25,33)(H,28,29)(H,26,27,30)/t12?,14-,15?/m0/s1. The SMILES string of the molecule is CC[C@@H](CO)Nc1ncc2nc(Nc3ccc(Cl)cc3Cl)n(C3CCC(C(N)=O)CC3)c2n1. The van der Waals surface area contributed by atoms with Crippen LogP contribution in [0.1, 0.15) is 45.1 Å². The Bertz CT molecular complexity index is 1140. The van der Waals surface area contributed by atoms with Crippen molar-refractivity contribution in [1.82, 2.24) is 19.5 Å². The normalized spacial score (nSPS) is 19.4. The third-order valence-electron chi connectivity index (χ3n) is 6.12. The summed E-state index contributed by atoms with van der Waals surface area (Å²) in [6.45, 7) is 1.96. The van der Waals surface area contributed by atoms with Gasteiger partial charge in [-0.3, -0.25) is 9.36 Å². The van der Waals surface area contributed by atoms with Crippen molar-refractivity contribution in [3.8, 4) is 0 Å². The molecule has 3 aromatic rings. The number of nitrogens with one attached hydrogen (secondary N) is 2. The van der Waals surface area contributed by atoms with Crippen LogP contribution >= 0.6 is 23.2 Å². The highest BCUT2D eigenvalue weighted by Gasteiger charge is 2.29. The Balaban J connectivity index is 1.73. The van der Waals surface area contributed by atoms with E-state index in [1.54, 1.807) is 24.4 Å². The summed E-state index contributed by atoms with van der Waals surface area (Å²) >= 11 is 12.4. The fraction of sp³-hybridized carbons (Fsp3) is 0.455. The highest BCUT2D eigenvalue weighted by molar-refractivity contribution is 6.36. The predicted octanol–water partition coefficient (Wildman–Crippen LogP) is 4.28. The highest BCUT2D eigenvalue weighted by atomic mass is 35.5. The third-order valence-corrected chi connectivity index (χ3v) is 6.67. The van der Waals surface area contributed by atoms with Crippen molar-refractivity contribution in [3.63, 3.8) is 0 Å². The quantitative estimate of drug-likeness (QED) is 0.369. The molecule has 1 saturated carbocycles. The molecule has 4 rings (SSSR count). The van der Waals surface area contributed by atoms with E-state index in [0.29, 0.717) is 51.6 Å². The molecule has 0 radical (unpaired) electrons. The van der Waals surface area contributed by atoms with Crippen LogP contribution < -0.4 is 16.4 Å². The molecule has 9 nitrogen and oxygen atoms in total. The Hall–Kier alpha value is -2.62. The first kappa shape index (κ1) is 23.5. The van der Waals surface area contributed by atoms with Gasteiger partial charge in [0.05, 0.1) is 29.6 Å². The fourth-order valence-corrected chi connectivity index (χ4v) is 4.64. The van der Waals surface area contributed by atoms with Gasteiger partial charge in [-0.05, 0) is 50.3 Å². The summed E-state index contributed by atoms with van der Waals surface area (Å²) in [4.78, 5) is 25.5. The third kappa shape index (κ3) is 5.15. The molecule has 0 bridgehead atoms. The predicted molar refractivity (Wildman–Crippen MR) is 130 cm³/mol. The van der Waals surface area contributed by atoms with Crippen LogP contribution in [0.2, 0.25) is 10.0 Å².